The largest absolute Gasteiger partial charge is 0.438 e. The van der Waals surface area contributed by atoms with Crippen LogP contribution in [0.4, 0.5) is 11.6 Å². The van der Waals surface area contributed by atoms with Crippen molar-refractivity contribution in [2.45, 2.75) is 6.92 Å². The van der Waals surface area contributed by atoms with Crippen molar-refractivity contribution in [3.8, 4) is 23.0 Å². The van der Waals surface area contributed by atoms with Gasteiger partial charge in [-0.1, -0.05) is 29.3 Å². The molecule has 10 heteroatoms. The lowest BCUT2D eigenvalue weighted by molar-refractivity contribution is 0.102. The summed E-state index contributed by atoms with van der Waals surface area (Å²) in [7, 11) is 1.72. The minimum absolute atomic E-state index is 0.299. The average molecular weight is 481 g/mol. The van der Waals surface area contributed by atoms with Crippen LogP contribution >= 0.6 is 23.2 Å². The number of nitrogens with zero attached hydrogens (tertiary/aromatic N) is 4. The summed E-state index contributed by atoms with van der Waals surface area (Å²) in [5.74, 6) is 1.26. The van der Waals surface area contributed by atoms with Gasteiger partial charge in [0.1, 0.15) is 12.1 Å². The molecule has 4 aromatic rings. The summed E-state index contributed by atoms with van der Waals surface area (Å²) >= 11 is 12.0. The van der Waals surface area contributed by atoms with Crippen LogP contribution in [0.3, 0.4) is 0 Å². The number of hydrogen-bond donors (Lipinski definition) is 2. The van der Waals surface area contributed by atoms with Gasteiger partial charge in [-0.25, -0.2) is 15.0 Å². The van der Waals surface area contributed by atoms with E-state index in [1.165, 1.54) is 6.33 Å². The number of benzene rings is 2. The van der Waals surface area contributed by atoms with Gasteiger partial charge >= 0.3 is 0 Å². The first-order valence-electron chi connectivity index (χ1n) is 9.81. The molecular formula is C23H18Cl2N6O2. The molecule has 0 saturated heterocycles. The number of carbonyl (C=O) groups is 1. The van der Waals surface area contributed by atoms with Gasteiger partial charge in [0.15, 0.2) is 5.82 Å². The normalized spacial score (nSPS) is 10.5. The Bertz CT molecular complexity index is 1310. The van der Waals surface area contributed by atoms with Crippen LogP contribution in [0.25, 0.3) is 11.4 Å². The third-order valence-corrected chi connectivity index (χ3v) is 5.02. The first-order valence-corrected chi connectivity index (χ1v) is 10.6. The summed E-state index contributed by atoms with van der Waals surface area (Å²) in [5.41, 5.74) is 2.28. The molecule has 0 aliphatic rings. The molecule has 2 aromatic heterocycles. The lowest BCUT2D eigenvalue weighted by Gasteiger charge is -2.13. The molecule has 2 N–H and O–H groups in total. The monoisotopic (exact) mass is 480 g/mol. The highest BCUT2D eigenvalue weighted by Gasteiger charge is 2.15. The van der Waals surface area contributed by atoms with Crippen LogP contribution < -0.4 is 15.4 Å². The topological polar surface area (TPSA) is 102 Å². The fourth-order valence-corrected chi connectivity index (χ4v) is 3.50. The van der Waals surface area contributed by atoms with Gasteiger partial charge in [-0.05, 0) is 55.0 Å². The van der Waals surface area contributed by atoms with Gasteiger partial charge in [0.2, 0.25) is 11.8 Å². The number of amides is 1. The Morgan fingerprint density at radius 1 is 1.00 bits per heavy atom. The third-order valence-electron chi connectivity index (χ3n) is 4.58. The smallest absolute Gasteiger partial charge is 0.255 e. The average Bonchev–Trinajstić information content (AvgIpc) is 2.80. The summed E-state index contributed by atoms with van der Waals surface area (Å²) in [5, 5.41) is 6.51. The van der Waals surface area contributed by atoms with Crippen LogP contribution in [-0.2, 0) is 0 Å². The van der Waals surface area contributed by atoms with Crippen LogP contribution in [0, 0.1) is 6.92 Å². The highest BCUT2D eigenvalue weighted by atomic mass is 35.5. The summed E-state index contributed by atoms with van der Waals surface area (Å²) in [6.07, 6.45) is 3.01. The first-order chi connectivity index (χ1) is 15.9. The van der Waals surface area contributed by atoms with Gasteiger partial charge < -0.3 is 15.4 Å². The highest BCUT2D eigenvalue weighted by molar-refractivity contribution is 6.35. The Kier molecular flexibility index (Phi) is 6.67. The predicted octanol–water partition coefficient (Wildman–Crippen LogP) is 5.64. The van der Waals surface area contributed by atoms with Gasteiger partial charge in [0.25, 0.3) is 5.91 Å². The molecule has 0 spiro atoms. The van der Waals surface area contributed by atoms with E-state index in [1.807, 2.05) is 6.92 Å². The molecule has 4 rings (SSSR count). The van der Waals surface area contributed by atoms with Gasteiger partial charge in [-0.3, -0.25) is 4.79 Å². The van der Waals surface area contributed by atoms with Crippen molar-refractivity contribution < 1.29 is 9.53 Å². The Balaban J connectivity index is 1.62. The van der Waals surface area contributed by atoms with E-state index in [0.29, 0.717) is 50.3 Å². The standard InChI is InChI=1S/C23H18Cl2N6O2/c1-13-5-6-14(21(32)30-17-10-15(24)9-16(25)11-17)8-19(13)33-22-18(4-3-7-27-22)20-28-12-29-23(26-2)31-20/h3-12H,1-2H3,(H,30,32)(H,26,28,29,31). The maximum atomic E-state index is 12.8. The Hall–Kier alpha value is -3.75. The molecule has 0 aliphatic heterocycles. The van der Waals surface area contributed by atoms with E-state index in [1.54, 1.807) is 61.8 Å². The van der Waals surface area contributed by atoms with Crippen molar-refractivity contribution in [3.63, 3.8) is 0 Å². The number of aryl methyl sites for hydroxylation is 1. The Morgan fingerprint density at radius 2 is 1.79 bits per heavy atom. The number of rotatable bonds is 6. The van der Waals surface area contributed by atoms with Crippen LogP contribution in [0.1, 0.15) is 15.9 Å². The van der Waals surface area contributed by atoms with Crippen molar-refractivity contribution in [1.82, 2.24) is 19.9 Å². The molecule has 8 nitrogen and oxygen atoms in total. The maximum absolute atomic E-state index is 12.8. The van der Waals surface area contributed by atoms with E-state index >= 15 is 0 Å². The van der Waals surface area contributed by atoms with Crippen LogP contribution in [0.2, 0.25) is 10.0 Å². The number of carbonyl (C=O) groups excluding carboxylic acids is 1. The van der Waals surface area contributed by atoms with E-state index < -0.39 is 0 Å². The lowest BCUT2D eigenvalue weighted by Crippen LogP contribution is -2.12. The van der Waals surface area contributed by atoms with Gasteiger partial charge in [0, 0.05) is 34.5 Å². The van der Waals surface area contributed by atoms with Crippen molar-refractivity contribution in [2.24, 2.45) is 0 Å². The SMILES string of the molecule is CNc1ncnc(-c2cccnc2Oc2cc(C(=O)Nc3cc(Cl)cc(Cl)c3)ccc2C)n1. The quantitative estimate of drug-likeness (QED) is 0.368. The molecule has 0 radical (unpaired) electrons. The number of pyridine rings is 1. The van der Waals surface area contributed by atoms with E-state index in [-0.39, 0.29) is 5.91 Å². The maximum Gasteiger partial charge on any atom is 0.255 e. The zero-order valence-corrected chi connectivity index (χ0v) is 19.1. The van der Waals surface area contributed by atoms with Crippen molar-refractivity contribution in [3.05, 3.63) is 82.2 Å². The molecule has 1 amide bonds. The summed E-state index contributed by atoms with van der Waals surface area (Å²) < 4.78 is 6.09. The molecule has 166 valence electrons. The van der Waals surface area contributed by atoms with Crippen molar-refractivity contribution >= 4 is 40.7 Å². The summed E-state index contributed by atoms with van der Waals surface area (Å²) in [6.45, 7) is 1.87. The van der Waals surface area contributed by atoms with E-state index in [0.717, 1.165) is 5.56 Å². The first kappa shape index (κ1) is 22.4. The molecule has 0 aliphatic carbocycles. The second kappa shape index (κ2) is 9.81. The fourth-order valence-electron chi connectivity index (χ4n) is 2.97. The minimum Gasteiger partial charge on any atom is -0.438 e. The number of aromatic nitrogens is 4. The van der Waals surface area contributed by atoms with Crippen LogP contribution in [0.5, 0.6) is 11.6 Å². The van der Waals surface area contributed by atoms with Crippen LogP contribution in [0.15, 0.2) is 61.1 Å². The lowest BCUT2D eigenvalue weighted by atomic mass is 10.1. The zero-order chi connectivity index (χ0) is 23.4. The Morgan fingerprint density at radius 3 is 2.55 bits per heavy atom. The van der Waals surface area contributed by atoms with E-state index in [9.17, 15) is 4.79 Å². The minimum atomic E-state index is -0.337. The molecular weight excluding hydrogens is 463 g/mol. The third kappa shape index (κ3) is 5.36. The predicted molar refractivity (Wildman–Crippen MR) is 128 cm³/mol. The number of hydrogen-bond acceptors (Lipinski definition) is 7. The molecule has 0 fully saturated rings. The number of anilines is 2. The molecule has 33 heavy (non-hydrogen) atoms. The molecule has 0 atom stereocenters. The second-order valence-corrected chi connectivity index (χ2v) is 7.81. The second-order valence-electron chi connectivity index (χ2n) is 6.93. The number of halogens is 2. The number of nitrogens with one attached hydrogen (secondary N) is 2. The Labute approximate surface area is 200 Å². The van der Waals surface area contributed by atoms with E-state index in [2.05, 4.69) is 30.6 Å². The van der Waals surface area contributed by atoms with E-state index in [4.69, 9.17) is 27.9 Å². The fraction of sp³-hybridized carbons (Fsp3) is 0.0870. The number of ether oxygens (including phenoxy) is 1. The molecule has 2 aromatic carbocycles. The van der Waals surface area contributed by atoms with Gasteiger partial charge in [-0.15, -0.1) is 0 Å². The van der Waals surface area contributed by atoms with Crippen molar-refractivity contribution in [2.75, 3.05) is 17.7 Å². The zero-order valence-electron chi connectivity index (χ0n) is 17.6. The van der Waals surface area contributed by atoms with Gasteiger partial charge in [-0.2, -0.15) is 4.98 Å². The molecule has 0 saturated carbocycles. The molecule has 0 bridgehead atoms. The van der Waals surface area contributed by atoms with Gasteiger partial charge in [0.05, 0.1) is 5.56 Å². The van der Waals surface area contributed by atoms with Crippen LogP contribution in [-0.4, -0.2) is 32.9 Å². The molecule has 2 heterocycles. The molecule has 0 unspecified atom stereocenters. The summed E-state index contributed by atoms with van der Waals surface area (Å²) in [6, 6.07) is 13.5. The van der Waals surface area contributed by atoms with Crippen molar-refractivity contribution in [1.29, 1.82) is 0 Å². The highest BCUT2D eigenvalue weighted by Crippen LogP contribution is 2.32. The summed E-state index contributed by atoms with van der Waals surface area (Å²) in [4.78, 5) is 29.8.